The van der Waals surface area contributed by atoms with Crippen molar-refractivity contribution in [2.75, 3.05) is 19.6 Å². The molecular weight excluding hydrogens is 260 g/mol. The zero-order valence-corrected chi connectivity index (χ0v) is 11.8. The quantitative estimate of drug-likeness (QED) is 0.710. The summed E-state index contributed by atoms with van der Waals surface area (Å²) in [5.74, 6) is 0.165. The van der Waals surface area contributed by atoms with E-state index in [9.17, 15) is 14.7 Å². The van der Waals surface area contributed by atoms with E-state index in [1.165, 1.54) is 20.3 Å². The highest BCUT2D eigenvalue weighted by Crippen LogP contribution is 2.12. The van der Waals surface area contributed by atoms with Crippen molar-refractivity contribution in [1.82, 2.24) is 14.5 Å². The third-order valence-corrected chi connectivity index (χ3v) is 3.71. The number of rotatable bonds is 3. The van der Waals surface area contributed by atoms with Crippen LogP contribution in [0.3, 0.4) is 0 Å². The Kier molecular flexibility index (Phi) is 4.39. The van der Waals surface area contributed by atoms with Gasteiger partial charge in [0.05, 0.1) is 0 Å². The van der Waals surface area contributed by atoms with Crippen LogP contribution in [0.25, 0.3) is 0 Å². The molecule has 0 radical (unpaired) electrons. The van der Waals surface area contributed by atoms with Gasteiger partial charge in [0.1, 0.15) is 5.56 Å². The molecule has 110 valence electrons. The third-order valence-electron chi connectivity index (χ3n) is 3.71. The molecule has 2 rings (SSSR count). The van der Waals surface area contributed by atoms with Crippen molar-refractivity contribution in [3.8, 4) is 5.88 Å². The Hall–Kier alpha value is -1.89. The van der Waals surface area contributed by atoms with Crippen LogP contribution in [-0.4, -0.2) is 40.1 Å². The fraction of sp³-hybridized carbons (Fsp3) is 0.615. The molecule has 0 unspecified atom stereocenters. The molecule has 0 spiro atoms. The van der Waals surface area contributed by atoms with Gasteiger partial charge in [0, 0.05) is 26.9 Å². The summed E-state index contributed by atoms with van der Waals surface area (Å²) in [5, 5.41) is 13.1. The first-order valence-electron chi connectivity index (χ1n) is 6.72. The van der Waals surface area contributed by atoms with Gasteiger partial charge < -0.3 is 10.4 Å². The second-order valence-electron chi connectivity index (χ2n) is 5.13. The van der Waals surface area contributed by atoms with Gasteiger partial charge in [0.2, 0.25) is 5.88 Å². The average molecular weight is 280 g/mol. The lowest BCUT2D eigenvalue weighted by Crippen LogP contribution is -2.38. The van der Waals surface area contributed by atoms with Crippen molar-refractivity contribution >= 4 is 6.21 Å². The van der Waals surface area contributed by atoms with Gasteiger partial charge in [0.25, 0.3) is 5.56 Å². The van der Waals surface area contributed by atoms with Crippen LogP contribution in [0, 0.1) is 5.92 Å². The van der Waals surface area contributed by atoms with E-state index in [0.717, 1.165) is 35.1 Å². The van der Waals surface area contributed by atoms with Gasteiger partial charge in [-0.3, -0.25) is 18.9 Å². The minimum atomic E-state index is -0.553. The number of nitrogens with zero attached hydrogens (tertiary/aromatic N) is 3. The Morgan fingerprint density at radius 1 is 1.30 bits per heavy atom. The Labute approximate surface area is 116 Å². The molecule has 0 atom stereocenters. The minimum Gasteiger partial charge on any atom is -0.494 e. The summed E-state index contributed by atoms with van der Waals surface area (Å²) in [5.41, 5.74) is -1.02. The number of hydrogen-bond acceptors (Lipinski definition) is 5. The van der Waals surface area contributed by atoms with Gasteiger partial charge >= 0.3 is 5.69 Å². The first-order valence-corrected chi connectivity index (χ1v) is 6.72. The van der Waals surface area contributed by atoms with E-state index in [1.54, 1.807) is 0 Å². The largest absolute Gasteiger partial charge is 0.494 e. The van der Waals surface area contributed by atoms with Crippen molar-refractivity contribution in [1.29, 1.82) is 0 Å². The van der Waals surface area contributed by atoms with Gasteiger partial charge in [-0.25, -0.2) is 4.79 Å². The van der Waals surface area contributed by atoms with Gasteiger partial charge in [-0.05, 0) is 31.8 Å². The van der Waals surface area contributed by atoms with Crippen molar-refractivity contribution in [3.63, 3.8) is 0 Å². The second-order valence-corrected chi connectivity index (χ2v) is 5.13. The van der Waals surface area contributed by atoms with Gasteiger partial charge in [-0.1, -0.05) is 0 Å². The van der Waals surface area contributed by atoms with E-state index < -0.39 is 11.2 Å². The topological polar surface area (TPSA) is 88.6 Å². The molecule has 7 nitrogen and oxygen atoms in total. The SMILES string of the molecule is Cn1c(O)c(C=NCC2CCNCC2)c(=O)n(C)c1=O. The third kappa shape index (κ3) is 2.82. The molecular formula is C13H20N4O3. The summed E-state index contributed by atoms with van der Waals surface area (Å²) in [4.78, 5) is 27.8. The Balaban J connectivity index is 2.21. The standard InChI is InChI=1S/C13H20N4O3/c1-16-11(18)10(12(19)17(2)13(16)20)8-15-7-9-3-5-14-6-4-9/h8-9,14,18H,3-7H2,1-2H3. The number of aromatic nitrogens is 2. The second kappa shape index (κ2) is 6.04. The summed E-state index contributed by atoms with van der Waals surface area (Å²) < 4.78 is 2.00. The van der Waals surface area contributed by atoms with Crippen LogP contribution < -0.4 is 16.6 Å². The van der Waals surface area contributed by atoms with E-state index in [4.69, 9.17) is 0 Å². The van der Waals surface area contributed by atoms with Crippen molar-refractivity contribution in [2.45, 2.75) is 12.8 Å². The van der Waals surface area contributed by atoms with Crippen LogP contribution in [0.2, 0.25) is 0 Å². The number of aromatic hydroxyl groups is 1. The lowest BCUT2D eigenvalue weighted by atomic mass is 9.98. The minimum absolute atomic E-state index is 0.0588. The molecule has 7 heteroatoms. The molecule has 0 amide bonds. The van der Waals surface area contributed by atoms with Crippen molar-refractivity contribution in [2.24, 2.45) is 25.0 Å². The zero-order valence-electron chi connectivity index (χ0n) is 11.8. The molecule has 0 aliphatic carbocycles. The molecule has 1 aromatic rings. The highest BCUT2D eigenvalue weighted by Gasteiger charge is 2.14. The Morgan fingerprint density at radius 3 is 2.60 bits per heavy atom. The molecule has 20 heavy (non-hydrogen) atoms. The Bertz CT molecular complexity index is 624. The molecule has 0 aromatic carbocycles. The maximum Gasteiger partial charge on any atom is 0.333 e. The normalized spacial score (nSPS) is 16.9. The fourth-order valence-electron chi connectivity index (χ4n) is 2.33. The van der Waals surface area contributed by atoms with Crippen LogP contribution in [0.15, 0.2) is 14.6 Å². The van der Waals surface area contributed by atoms with E-state index in [-0.39, 0.29) is 11.4 Å². The van der Waals surface area contributed by atoms with E-state index >= 15 is 0 Å². The molecule has 1 aliphatic heterocycles. The van der Waals surface area contributed by atoms with Gasteiger partial charge in [0.15, 0.2) is 0 Å². The molecule has 1 saturated heterocycles. The van der Waals surface area contributed by atoms with Crippen LogP contribution in [-0.2, 0) is 14.1 Å². The number of hydrogen-bond donors (Lipinski definition) is 2. The maximum absolute atomic E-state index is 11.9. The first kappa shape index (κ1) is 14.5. The zero-order chi connectivity index (χ0) is 14.7. The summed E-state index contributed by atoms with van der Waals surface area (Å²) in [7, 11) is 2.80. The average Bonchev–Trinajstić information content (AvgIpc) is 2.48. The highest BCUT2D eigenvalue weighted by atomic mass is 16.3. The Morgan fingerprint density at radius 2 is 1.95 bits per heavy atom. The van der Waals surface area contributed by atoms with E-state index in [1.807, 2.05) is 0 Å². The molecule has 2 heterocycles. The lowest BCUT2D eigenvalue weighted by molar-refractivity contribution is 0.383. The van der Waals surface area contributed by atoms with E-state index in [0.29, 0.717) is 12.5 Å². The predicted molar refractivity (Wildman–Crippen MR) is 76.6 cm³/mol. The van der Waals surface area contributed by atoms with Crippen LogP contribution in [0.5, 0.6) is 5.88 Å². The number of piperidine rings is 1. The van der Waals surface area contributed by atoms with Gasteiger partial charge in [-0.15, -0.1) is 0 Å². The van der Waals surface area contributed by atoms with Crippen LogP contribution >= 0.6 is 0 Å². The van der Waals surface area contributed by atoms with Crippen molar-refractivity contribution in [3.05, 3.63) is 26.4 Å². The first-order chi connectivity index (χ1) is 9.52. The van der Waals surface area contributed by atoms with Crippen LogP contribution in [0.4, 0.5) is 0 Å². The van der Waals surface area contributed by atoms with Gasteiger partial charge in [-0.2, -0.15) is 0 Å². The molecule has 1 fully saturated rings. The summed E-state index contributed by atoms with van der Waals surface area (Å²) >= 11 is 0. The summed E-state index contributed by atoms with van der Waals surface area (Å²) in [6, 6.07) is 0. The number of aliphatic imine (C=N–C) groups is 1. The molecule has 1 aromatic heterocycles. The monoisotopic (exact) mass is 280 g/mol. The predicted octanol–water partition coefficient (Wildman–Crippen LogP) is -0.792. The van der Waals surface area contributed by atoms with E-state index in [2.05, 4.69) is 10.3 Å². The lowest BCUT2D eigenvalue weighted by Gasteiger charge is -2.20. The summed E-state index contributed by atoms with van der Waals surface area (Å²) in [6.07, 6.45) is 3.50. The smallest absolute Gasteiger partial charge is 0.333 e. The van der Waals surface area contributed by atoms with Crippen molar-refractivity contribution < 1.29 is 5.11 Å². The molecule has 0 bridgehead atoms. The molecule has 2 N–H and O–H groups in total. The van der Waals surface area contributed by atoms with Crippen LogP contribution in [0.1, 0.15) is 18.4 Å². The molecule has 0 saturated carbocycles. The number of nitrogens with one attached hydrogen (secondary N) is 1. The fourth-order valence-corrected chi connectivity index (χ4v) is 2.33. The maximum atomic E-state index is 11.9. The summed E-state index contributed by atoms with van der Waals surface area (Å²) in [6.45, 7) is 2.62. The highest BCUT2D eigenvalue weighted by molar-refractivity contribution is 5.81. The molecule has 1 aliphatic rings.